The zero-order valence-corrected chi connectivity index (χ0v) is 9.89. The van der Waals surface area contributed by atoms with Gasteiger partial charge in [-0.1, -0.05) is 23.2 Å². The average Bonchev–Trinajstić information content (AvgIpc) is 2.66. The molecule has 0 unspecified atom stereocenters. The number of aryl methyl sites for hydroxylation is 2. The number of halogens is 2. The fourth-order valence-corrected chi connectivity index (χ4v) is 1.67. The standard InChI is InChI=1S/C10H10Cl2N4/c11-8-3-6(4-14-9(8)12)1-2-7-5-15-10(13)16-7/h3-5H,1-2H2,(H3,13,15,16). The van der Waals surface area contributed by atoms with Crippen LogP contribution in [0.5, 0.6) is 0 Å². The maximum Gasteiger partial charge on any atom is 0.197 e. The van der Waals surface area contributed by atoms with E-state index in [4.69, 9.17) is 28.9 Å². The summed E-state index contributed by atoms with van der Waals surface area (Å²) < 4.78 is 0. The summed E-state index contributed by atoms with van der Waals surface area (Å²) in [6, 6.07) is 1.81. The zero-order chi connectivity index (χ0) is 11.5. The molecule has 0 aromatic carbocycles. The molecule has 0 bridgehead atoms. The molecule has 0 atom stereocenters. The Hall–Kier alpha value is -1.26. The normalized spacial score (nSPS) is 10.6. The van der Waals surface area contributed by atoms with E-state index >= 15 is 0 Å². The summed E-state index contributed by atoms with van der Waals surface area (Å²) in [5.41, 5.74) is 7.42. The maximum absolute atomic E-state index is 5.86. The molecule has 0 fully saturated rings. The topological polar surface area (TPSA) is 67.6 Å². The van der Waals surface area contributed by atoms with Crippen LogP contribution in [0.2, 0.25) is 10.2 Å². The summed E-state index contributed by atoms with van der Waals surface area (Å²) in [4.78, 5) is 10.9. The number of pyridine rings is 1. The molecular weight excluding hydrogens is 247 g/mol. The minimum atomic E-state index is 0.328. The van der Waals surface area contributed by atoms with Crippen LogP contribution in [0.4, 0.5) is 5.95 Å². The van der Waals surface area contributed by atoms with Crippen molar-refractivity contribution in [2.75, 3.05) is 5.73 Å². The summed E-state index contributed by atoms with van der Waals surface area (Å²) >= 11 is 11.6. The van der Waals surface area contributed by atoms with Crippen LogP contribution < -0.4 is 5.73 Å². The Morgan fingerprint density at radius 3 is 2.75 bits per heavy atom. The number of hydrogen-bond donors (Lipinski definition) is 2. The van der Waals surface area contributed by atoms with E-state index in [9.17, 15) is 0 Å². The molecule has 16 heavy (non-hydrogen) atoms. The molecule has 3 N–H and O–H groups in total. The van der Waals surface area contributed by atoms with Crippen LogP contribution >= 0.6 is 23.2 Å². The second-order valence-corrected chi connectivity index (χ2v) is 4.16. The first kappa shape index (κ1) is 11.2. The van der Waals surface area contributed by atoms with Crippen molar-refractivity contribution >= 4 is 29.2 Å². The van der Waals surface area contributed by atoms with Crippen LogP contribution in [-0.2, 0) is 12.8 Å². The Labute approximate surface area is 103 Å². The van der Waals surface area contributed by atoms with Crippen molar-refractivity contribution in [2.45, 2.75) is 12.8 Å². The van der Waals surface area contributed by atoms with E-state index in [1.54, 1.807) is 12.4 Å². The van der Waals surface area contributed by atoms with Gasteiger partial charge in [-0.25, -0.2) is 9.97 Å². The van der Waals surface area contributed by atoms with Gasteiger partial charge in [-0.05, 0) is 24.5 Å². The number of H-pyrrole nitrogens is 1. The van der Waals surface area contributed by atoms with E-state index < -0.39 is 0 Å². The van der Waals surface area contributed by atoms with Crippen LogP contribution in [0.15, 0.2) is 18.5 Å². The Kier molecular flexibility index (Phi) is 3.31. The van der Waals surface area contributed by atoms with Crippen molar-refractivity contribution < 1.29 is 0 Å². The van der Waals surface area contributed by atoms with Gasteiger partial charge in [-0.2, -0.15) is 0 Å². The number of aromatic amines is 1. The second-order valence-electron chi connectivity index (χ2n) is 3.39. The monoisotopic (exact) mass is 256 g/mol. The lowest BCUT2D eigenvalue weighted by Gasteiger charge is -2.00. The first-order valence-corrected chi connectivity index (χ1v) is 5.50. The second kappa shape index (κ2) is 4.72. The predicted octanol–water partition coefficient (Wildman–Crippen LogP) is 2.48. The van der Waals surface area contributed by atoms with Crippen LogP contribution in [0.1, 0.15) is 11.3 Å². The van der Waals surface area contributed by atoms with Gasteiger partial charge in [0.15, 0.2) is 5.95 Å². The fourth-order valence-electron chi connectivity index (χ4n) is 1.37. The number of rotatable bonds is 3. The van der Waals surface area contributed by atoms with E-state index in [1.807, 2.05) is 6.07 Å². The molecule has 0 aliphatic heterocycles. The number of nitrogens with one attached hydrogen (secondary N) is 1. The Balaban J connectivity index is 2.02. The molecule has 6 heteroatoms. The lowest BCUT2D eigenvalue weighted by molar-refractivity contribution is 0.919. The highest BCUT2D eigenvalue weighted by Gasteiger charge is 2.03. The first-order chi connectivity index (χ1) is 7.65. The smallest absolute Gasteiger partial charge is 0.197 e. The highest BCUT2D eigenvalue weighted by molar-refractivity contribution is 6.41. The number of anilines is 1. The van der Waals surface area contributed by atoms with Gasteiger partial charge >= 0.3 is 0 Å². The van der Waals surface area contributed by atoms with Gasteiger partial charge in [-0.3, -0.25) is 0 Å². The van der Waals surface area contributed by atoms with Crippen molar-refractivity contribution in [1.29, 1.82) is 0 Å². The fraction of sp³-hybridized carbons (Fsp3) is 0.200. The van der Waals surface area contributed by atoms with Gasteiger partial charge in [0.25, 0.3) is 0 Å². The molecule has 0 saturated heterocycles. The molecule has 0 spiro atoms. The van der Waals surface area contributed by atoms with Crippen molar-refractivity contribution in [2.24, 2.45) is 0 Å². The Morgan fingerprint density at radius 1 is 1.31 bits per heavy atom. The Morgan fingerprint density at radius 2 is 2.12 bits per heavy atom. The minimum Gasteiger partial charge on any atom is -0.369 e. The van der Waals surface area contributed by atoms with Gasteiger partial charge in [-0.15, -0.1) is 0 Å². The van der Waals surface area contributed by atoms with Crippen molar-refractivity contribution in [3.8, 4) is 0 Å². The number of hydrogen-bond acceptors (Lipinski definition) is 3. The first-order valence-electron chi connectivity index (χ1n) is 4.75. The SMILES string of the molecule is Nc1nc(CCc2cnc(Cl)c(Cl)c2)c[nH]1. The van der Waals surface area contributed by atoms with E-state index in [2.05, 4.69) is 15.0 Å². The van der Waals surface area contributed by atoms with Crippen LogP contribution in [-0.4, -0.2) is 15.0 Å². The third-order valence-corrected chi connectivity index (χ3v) is 2.86. The summed E-state index contributed by atoms with van der Waals surface area (Å²) in [6.07, 6.45) is 5.09. The molecule has 2 rings (SSSR count). The van der Waals surface area contributed by atoms with Gasteiger partial charge in [0, 0.05) is 12.4 Å². The summed E-state index contributed by atoms with van der Waals surface area (Å²) in [6.45, 7) is 0. The van der Waals surface area contributed by atoms with Gasteiger partial charge in [0.05, 0.1) is 10.7 Å². The van der Waals surface area contributed by atoms with E-state index in [-0.39, 0.29) is 0 Å². The number of imidazole rings is 1. The molecule has 2 heterocycles. The quantitative estimate of drug-likeness (QED) is 0.830. The lowest BCUT2D eigenvalue weighted by atomic mass is 10.1. The Bertz CT molecular complexity index is 495. The van der Waals surface area contributed by atoms with Crippen molar-refractivity contribution in [3.05, 3.63) is 39.9 Å². The highest BCUT2D eigenvalue weighted by Crippen LogP contribution is 2.20. The molecule has 0 saturated carbocycles. The molecule has 0 radical (unpaired) electrons. The third-order valence-electron chi connectivity index (χ3n) is 2.17. The number of nitrogens with zero attached hydrogens (tertiary/aromatic N) is 2. The number of aromatic nitrogens is 3. The molecule has 84 valence electrons. The van der Waals surface area contributed by atoms with Gasteiger partial charge in [0.2, 0.25) is 0 Å². The molecule has 2 aromatic heterocycles. The summed E-state index contributed by atoms with van der Waals surface area (Å²) in [7, 11) is 0. The summed E-state index contributed by atoms with van der Waals surface area (Å²) in [5.74, 6) is 0.433. The zero-order valence-electron chi connectivity index (χ0n) is 8.37. The third kappa shape index (κ3) is 2.65. The van der Waals surface area contributed by atoms with Crippen LogP contribution in [0, 0.1) is 0 Å². The van der Waals surface area contributed by atoms with E-state index in [0.717, 1.165) is 24.1 Å². The maximum atomic E-state index is 5.86. The van der Waals surface area contributed by atoms with Gasteiger partial charge in [0.1, 0.15) is 5.15 Å². The highest BCUT2D eigenvalue weighted by atomic mass is 35.5. The molecule has 0 aliphatic rings. The van der Waals surface area contributed by atoms with Crippen molar-refractivity contribution in [3.63, 3.8) is 0 Å². The number of nitrogens with two attached hydrogens (primary N) is 1. The minimum absolute atomic E-state index is 0.328. The molecular formula is C10H10Cl2N4. The van der Waals surface area contributed by atoms with Crippen LogP contribution in [0.25, 0.3) is 0 Å². The number of nitrogen functional groups attached to an aromatic ring is 1. The van der Waals surface area contributed by atoms with Crippen molar-refractivity contribution in [1.82, 2.24) is 15.0 Å². The largest absolute Gasteiger partial charge is 0.369 e. The average molecular weight is 257 g/mol. The predicted molar refractivity (Wildman–Crippen MR) is 64.7 cm³/mol. The lowest BCUT2D eigenvalue weighted by Crippen LogP contribution is -1.94. The molecule has 0 aliphatic carbocycles. The summed E-state index contributed by atoms with van der Waals surface area (Å²) in [5, 5.41) is 0.801. The van der Waals surface area contributed by atoms with E-state index in [0.29, 0.717) is 16.1 Å². The molecule has 2 aromatic rings. The molecule has 4 nitrogen and oxygen atoms in total. The van der Waals surface area contributed by atoms with E-state index in [1.165, 1.54) is 0 Å². The van der Waals surface area contributed by atoms with Crippen LogP contribution in [0.3, 0.4) is 0 Å². The van der Waals surface area contributed by atoms with Gasteiger partial charge < -0.3 is 10.7 Å². The molecule has 0 amide bonds.